The number of aromatic nitrogens is 1. The lowest BCUT2D eigenvalue weighted by molar-refractivity contribution is 0.369. The lowest BCUT2D eigenvalue weighted by atomic mass is 10.0. The van der Waals surface area contributed by atoms with Gasteiger partial charge in [-0.25, -0.2) is 8.42 Å². The highest BCUT2D eigenvalue weighted by molar-refractivity contribution is 7.88. The van der Waals surface area contributed by atoms with E-state index in [2.05, 4.69) is 5.16 Å². The van der Waals surface area contributed by atoms with Gasteiger partial charge in [0.15, 0.2) is 0 Å². The highest BCUT2D eigenvalue weighted by Gasteiger charge is 2.36. The first kappa shape index (κ1) is 12.6. The van der Waals surface area contributed by atoms with Crippen molar-refractivity contribution in [2.24, 2.45) is 0 Å². The van der Waals surface area contributed by atoms with Crippen molar-refractivity contribution in [2.45, 2.75) is 39.2 Å². The van der Waals surface area contributed by atoms with E-state index in [0.29, 0.717) is 6.54 Å². The van der Waals surface area contributed by atoms with Gasteiger partial charge in [-0.05, 0) is 19.8 Å². The molecule has 2 rings (SSSR count). The third-order valence-corrected chi connectivity index (χ3v) is 4.56. The van der Waals surface area contributed by atoms with Crippen LogP contribution in [0.4, 0.5) is 0 Å². The van der Waals surface area contributed by atoms with Crippen LogP contribution in [0.3, 0.4) is 0 Å². The second kappa shape index (κ2) is 4.42. The molecular formula is C11H18N2O3S. The van der Waals surface area contributed by atoms with Crippen molar-refractivity contribution in [3.63, 3.8) is 0 Å². The maximum absolute atomic E-state index is 11.7. The van der Waals surface area contributed by atoms with Crippen LogP contribution in [0.5, 0.6) is 0 Å². The summed E-state index contributed by atoms with van der Waals surface area (Å²) in [7, 11) is -3.16. The highest BCUT2D eigenvalue weighted by Crippen LogP contribution is 2.37. The summed E-state index contributed by atoms with van der Waals surface area (Å²) < 4.78 is 30.3. The van der Waals surface area contributed by atoms with Gasteiger partial charge in [0.05, 0.1) is 18.0 Å². The number of nitrogens with zero attached hydrogens (tertiary/aromatic N) is 2. The van der Waals surface area contributed by atoms with Crippen LogP contribution in [0.2, 0.25) is 0 Å². The molecule has 1 atom stereocenters. The molecule has 17 heavy (non-hydrogen) atoms. The minimum atomic E-state index is -3.16. The molecule has 6 heteroatoms. The van der Waals surface area contributed by atoms with Gasteiger partial charge in [-0.1, -0.05) is 12.1 Å². The number of hydrogen-bond donors (Lipinski definition) is 0. The molecule has 2 heterocycles. The molecule has 1 aliphatic heterocycles. The SMILES string of the molecule is CCc1onc(C)c1[C@@H]1CCCN1S(C)(=O)=O. The predicted octanol–water partition coefficient (Wildman–Crippen LogP) is 1.64. The molecule has 0 amide bonds. The summed E-state index contributed by atoms with van der Waals surface area (Å²) in [6.07, 6.45) is 3.75. The Balaban J connectivity index is 2.42. The first-order valence-electron chi connectivity index (χ1n) is 5.87. The molecule has 0 aromatic carbocycles. The summed E-state index contributed by atoms with van der Waals surface area (Å²) in [5.41, 5.74) is 1.78. The van der Waals surface area contributed by atoms with Gasteiger partial charge >= 0.3 is 0 Å². The van der Waals surface area contributed by atoms with Crippen LogP contribution in [0.15, 0.2) is 4.52 Å². The molecule has 0 bridgehead atoms. The fourth-order valence-corrected chi connectivity index (χ4v) is 3.67. The first-order chi connectivity index (χ1) is 7.95. The predicted molar refractivity (Wildman–Crippen MR) is 64.1 cm³/mol. The zero-order valence-corrected chi connectivity index (χ0v) is 11.2. The van der Waals surface area contributed by atoms with Gasteiger partial charge in [0, 0.05) is 18.5 Å². The minimum Gasteiger partial charge on any atom is -0.361 e. The van der Waals surface area contributed by atoms with Gasteiger partial charge in [-0.15, -0.1) is 0 Å². The Morgan fingerprint density at radius 1 is 1.53 bits per heavy atom. The van der Waals surface area contributed by atoms with Gasteiger partial charge < -0.3 is 4.52 Å². The molecule has 0 spiro atoms. The molecule has 1 fully saturated rings. The summed E-state index contributed by atoms with van der Waals surface area (Å²) in [4.78, 5) is 0. The number of aryl methyl sites for hydroxylation is 2. The molecular weight excluding hydrogens is 240 g/mol. The summed E-state index contributed by atoms with van der Waals surface area (Å²) in [6, 6.07) is -0.0915. The molecule has 1 aromatic heterocycles. The normalized spacial score (nSPS) is 22.2. The Bertz CT molecular complexity index is 507. The van der Waals surface area contributed by atoms with Crippen molar-refractivity contribution in [2.75, 3.05) is 12.8 Å². The highest BCUT2D eigenvalue weighted by atomic mass is 32.2. The fraction of sp³-hybridized carbons (Fsp3) is 0.727. The van der Waals surface area contributed by atoms with E-state index in [9.17, 15) is 8.42 Å². The molecule has 0 radical (unpaired) electrons. The van der Waals surface area contributed by atoms with Gasteiger partial charge in [-0.3, -0.25) is 0 Å². The lowest BCUT2D eigenvalue weighted by Gasteiger charge is -2.22. The summed E-state index contributed by atoms with van der Waals surface area (Å²) >= 11 is 0. The van der Waals surface area contributed by atoms with Crippen LogP contribution in [0.25, 0.3) is 0 Å². The van der Waals surface area contributed by atoms with Crippen molar-refractivity contribution < 1.29 is 12.9 Å². The minimum absolute atomic E-state index is 0.0915. The third-order valence-electron chi connectivity index (χ3n) is 3.27. The third kappa shape index (κ3) is 2.24. The van der Waals surface area contributed by atoms with Gasteiger partial charge in [0.25, 0.3) is 0 Å². The Morgan fingerprint density at radius 2 is 2.24 bits per heavy atom. The van der Waals surface area contributed by atoms with Crippen molar-refractivity contribution in [3.8, 4) is 0 Å². The van der Waals surface area contributed by atoms with Crippen molar-refractivity contribution >= 4 is 10.0 Å². The maximum Gasteiger partial charge on any atom is 0.211 e. The van der Waals surface area contributed by atoms with E-state index in [0.717, 1.165) is 36.3 Å². The standard InChI is InChI=1S/C11H18N2O3S/c1-4-10-11(8(2)12-16-10)9-6-5-7-13(9)17(3,14)15/h9H,4-7H2,1-3H3/t9-/m0/s1. The maximum atomic E-state index is 11.7. The van der Waals surface area contributed by atoms with E-state index in [4.69, 9.17) is 4.52 Å². The van der Waals surface area contributed by atoms with Crippen molar-refractivity contribution in [1.82, 2.24) is 9.46 Å². The molecule has 1 saturated heterocycles. The van der Waals surface area contributed by atoms with E-state index >= 15 is 0 Å². The first-order valence-corrected chi connectivity index (χ1v) is 7.71. The van der Waals surface area contributed by atoms with Gasteiger partial charge in [0.1, 0.15) is 5.76 Å². The summed E-state index contributed by atoms with van der Waals surface area (Å²) in [5, 5.41) is 3.95. The number of sulfonamides is 1. The molecule has 96 valence electrons. The summed E-state index contributed by atoms with van der Waals surface area (Å²) in [5.74, 6) is 0.808. The summed E-state index contributed by atoms with van der Waals surface area (Å²) in [6.45, 7) is 4.46. The molecule has 5 nitrogen and oxygen atoms in total. The van der Waals surface area contributed by atoms with Crippen LogP contribution < -0.4 is 0 Å². The van der Waals surface area contributed by atoms with E-state index in [1.54, 1.807) is 4.31 Å². The van der Waals surface area contributed by atoms with Crippen molar-refractivity contribution in [1.29, 1.82) is 0 Å². The smallest absolute Gasteiger partial charge is 0.211 e. The Hall–Kier alpha value is -0.880. The van der Waals surface area contributed by atoms with Crippen molar-refractivity contribution in [3.05, 3.63) is 17.0 Å². The fourth-order valence-electron chi connectivity index (χ4n) is 2.53. The molecule has 1 aromatic rings. The van der Waals surface area contributed by atoms with Gasteiger partial charge in [0.2, 0.25) is 10.0 Å². The monoisotopic (exact) mass is 258 g/mol. The second-order valence-corrected chi connectivity index (χ2v) is 6.43. The van der Waals surface area contributed by atoms with Crippen LogP contribution >= 0.6 is 0 Å². The van der Waals surface area contributed by atoms with Crippen LogP contribution in [0.1, 0.15) is 42.8 Å². The average Bonchev–Trinajstić information content (AvgIpc) is 2.81. The lowest BCUT2D eigenvalue weighted by Crippen LogP contribution is -2.30. The Labute approximate surface area is 102 Å². The van der Waals surface area contributed by atoms with Crippen LogP contribution in [-0.2, 0) is 16.4 Å². The number of hydrogen-bond acceptors (Lipinski definition) is 4. The zero-order valence-electron chi connectivity index (χ0n) is 10.4. The molecule has 0 aliphatic carbocycles. The quantitative estimate of drug-likeness (QED) is 0.827. The second-order valence-electron chi connectivity index (χ2n) is 4.49. The van der Waals surface area contributed by atoms with Gasteiger partial charge in [-0.2, -0.15) is 4.31 Å². The van der Waals surface area contributed by atoms with E-state index in [1.807, 2.05) is 13.8 Å². The topological polar surface area (TPSA) is 63.4 Å². The Kier molecular flexibility index (Phi) is 3.27. The largest absolute Gasteiger partial charge is 0.361 e. The molecule has 0 saturated carbocycles. The Morgan fingerprint density at radius 3 is 2.82 bits per heavy atom. The average molecular weight is 258 g/mol. The van der Waals surface area contributed by atoms with E-state index in [-0.39, 0.29) is 6.04 Å². The van der Waals surface area contributed by atoms with Crippen LogP contribution in [0, 0.1) is 6.92 Å². The molecule has 0 unspecified atom stereocenters. The zero-order chi connectivity index (χ0) is 12.6. The van der Waals surface area contributed by atoms with E-state index in [1.165, 1.54) is 6.26 Å². The molecule has 1 aliphatic rings. The number of rotatable bonds is 3. The molecule has 0 N–H and O–H groups in total. The van der Waals surface area contributed by atoms with E-state index < -0.39 is 10.0 Å². The van der Waals surface area contributed by atoms with Crippen LogP contribution in [-0.4, -0.2) is 30.7 Å².